The first-order chi connectivity index (χ1) is 11.7. The molecule has 0 spiro atoms. The summed E-state index contributed by atoms with van der Waals surface area (Å²) in [5, 5.41) is 13.0. The molecule has 2 rings (SSSR count). The number of carbonyl (C=O) groups is 1. The van der Waals surface area contributed by atoms with E-state index in [2.05, 4.69) is 24.0 Å². The van der Waals surface area contributed by atoms with E-state index in [0.717, 1.165) is 12.0 Å². The van der Waals surface area contributed by atoms with Gasteiger partial charge in [0.25, 0.3) is 0 Å². The number of carboxylic acid groups (broad SMARTS) is 1. The maximum Gasteiger partial charge on any atom is 0.328 e. The third kappa shape index (κ3) is 4.43. The van der Waals surface area contributed by atoms with E-state index in [0.29, 0.717) is 13.0 Å². The molecule has 0 fully saturated rings. The second kappa shape index (κ2) is 8.85. The number of aliphatic carboxylic acids is 1. The van der Waals surface area contributed by atoms with Crippen LogP contribution < -0.4 is 5.32 Å². The van der Waals surface area contributed by atoms with Gasteiger partial charge in [0, 0.05) is 6.54 Å². The lowest BCUT2D eigenvalue weighted by atomic mass is 9.86. The first-order valence-corrected chi connectivity index (χ1v) is 8.03. The molecule has 0 radical (unpaired) electrons. The number of nitrogens with one attached hydrogen (secondary N) is 1. The number of hydrogen-bond donors (Lipinski definition) is 2. The predicted molar refractivity (Wildman–Crippen MR) is 97.9 cm³/mol. The molecule has 124 valence electrons. The van der Waals surface area contributed by atoms with E-state index >= 15 is 0 Å². The highest BCUT2D eigenvalue weighted by atomic mass is 16.4. The summed E-state index contributed by atoms with van der Waals surface area (Å²) in [5.41, 5.74) is 0.807. The molecule has 3 nitrogen and oxygen atoms in total. The van der Waals surface area contributed by atoms with Crippen LogP contribution in [0.2, 0.25) is 0 Å². The van der Waals surface area contributed by atoms with Crippen LogP contribution in [0.15, 0.2) is 85.5 Å². The molecule has 0 aliphatic heterocycles. The molecule has 3 heteroatoms. The zero-order chi connectivity index (χ0) is 17.3. The SMILES string of the molecule is C=CCC(NCC=CCc1ccccc1)(C(=O)O)c1ccccc1. The highest BCUT2D eigenvalue weighted by Gasteiger charge is 2.38. The van der Waals surface area contributed by atoms with E-state index in [-0.39, 0.29) is 0 Å². The number of hydrogen-bond acceptors (Lipinski definition) is 2. The molecule has 2 aromatic rings. The minimum Gasteiger partial charge on any atom is -0.480 e. The van der Waals surface area contributed by atoms with Gasteiger partial charge >= 0.3 is 5.97 Å². The van der Waals surface area contributed by atoms with Gasteiger partial charge in [-0.15, -0.1) is 6.58 Å². The second-order valence-corrected chi connectivity index (χ2v) is 5.61. The van der Waals surface area contributed by atoms with Gasteiger partial charge < -0.3 is 5.11 Å². The first-order valence-electron chi connectivity index (χ1n) is 8.03. The van der Waals surface area contributed by atoms with Gasteiger partial charge in [-0.2, -0.15) is 0 Å². The molecule has 0 heterocycles. The Balaban J connectivity index is 2.06. The van der Waals surface area contributed by atoms with Crippen molar-refractivity contribution in [3.63, 3.8) is 0 Å². The molecule has 0 amide bonds. The summed E-state index contributed by atoms with van der Waals surface area (Å²) >= 11 is 0. The topological polar surface area (TPSA) is 49.3 Å². The monoisotopic (exact) mass is 321 g/mol. The van der Waals surface area contributed by atoms with E-state index in [9.17, 15) is 9.90 Å². The highest BCUT2D eigenvalue weighted by Crippen LogP contribution is 2.26. The van der Waals surface area contributed by atoms with Crippen molar-refractivity contribution in [2.45, 2.75) is 18.4 Å². The Morgan fingerprint density at radius 3 is 2.25 bits per heavy atom. The van der Waals surface area contributed by atoms with Crippen LogP contribution >= 0.6 is 0 Å². The van der Waals surface area contributed by atoms with Gasteiger partial charge in [-0.25, -0.2) is 4.79 Å². The molecule has 0 aliphatic rings. The molecule has 24 heavy (non-hydrogen) atoms. The molecule has 1 atom stereocenters. The van der Waals surface area contributed by atoms with Crippen LogP contribution in [0, 0.1) is 0 Å². The van der Waals surface area contributed by atoms with Crippen molar-refractivity contribution in [3.8, 4) is 0 Å². The van der Waals surface area contributed by atoms with E-state index in [1.165, 1.54) is 5.56 Å². The summed E-state index contributed by atoms with van der Waals surface area (Å²) in [6.45, 7) is 4.19. The second-order valence-electron chi connectivity index (χ2n) is 5.61. The Morgan fingerprint density at radius 1 is 1.04 bits per heavy atom. The summed E-state index contributed by atoms with van der Waals surface area (Å²) in [4.78, 5) is 12.0. The highest BCUT2D eigenvalue weighted by molar-refractivity contribution is 5.81. The van der Waals surface area contributed by atoms with E-state index in [1.54, 1.807) is 6.08 Å². The van der Waals surface area contributed by atoms with Crippen LogP contribution in [0.25, 0.3) is 0 Å². The van der Waals surface area contributed by atoms with Crippen molar-refractivity contribution in [1.82, 2.24) is 5.32 Å². The molecule has 0 aliphatic carbocycles. The molecular weight excluding hydrogens is 298 g/mol. The van der Waals surface area contributed by atoms with Crippen molar-refractivity contribution in [3.05, 3.63) is 96.6 Å². The van der Waals surface area contributed by atoms with Crippen LogP contribution in [-0.4, -0.2) is 17.6 Å². The fraction of sp³-hybridized carbons (Fsp3) is 0.190. The van der Waals surface area contributed by atoms with Crippen LogP contribution in [0.1, 0.15) is 17.5 Å². The Hall–Kier alpha value is -2.65. The van der Waals surface area contributed by atoms with Gasteiger partial charge in [-0.1, -0.05) is 78.9 Å². The van der Waals surface area contributed by atoms with Gasteiger partial charge in [0.1, 0.15) is 5.54 Å². The summed E-state index contributed by atoms with van der Waals surface area (Å²) < 4.78 is 0. The zero-order valence-corrected chi connectivity index (χ0v) is 13.7. The average molecular weight is 321 g/mol. The molecule has 0 aromatic heterocycles. The van der Waals surface area contributed by atoms with Crippen molar-refractivity contribution < 1.29 is 9.90 Å². The zero-order valence-electron chi connectivity index (χ0n) is 13.7. The molecule has 1 unspecified atom stereocenters. The molecule has 0 bridgehead atoms. The van der Waals surface area contributed by atoms with Crippen molar-refractivity contribution in [2.75, 3.05) is 6.54 Å². The first kappa shape index (κ1) is 17.7. The molecular formula is C21H23NO2. The van der Waals surface area contributed by atoms with Gasteiger partial charge in [0.15, 0.2) is 0 Å². The number of benzene rings is 2. The van der Waals surface area contributed by atoms with Gasteiger partial charge in [0.2, 0.25) is 0 Å². The normalized spacial score (nSPS) is 13.5. The Kier molecular flexibility index (Phi) is 6.52. The van der Waals surface area contributed by atoms with Gasteiger partial charge in [-0.3, -0.25) is 5.32 Å². The smallest absolute Gasteiger partial charge is 0.328 e. The molecule has 2 aromatic carbocycles. The van der Waals surface area contributed by atoms with Crippen molar-refractivity contribution >= 4 is 5.97 Å². The summed E-state index contributed by atoms with van der Waals surface area (Å²) in [6.07, 6.45) is 6.81. The third-order valence-electron chi connectivity index (χ3n) is 3.97. The summed E-state index contributed by atoms with van der Waals surface area (Å²) in [5.74, 6) is -0.898. The number of carboxylic acids is 1. The van der Waals surface area contributed by atoms with Crippen LogP contribution in [0.5, 0.6) is 0 Å². The quantitative estimate of drug-likeness (QED) is 0.688. The minimum absolute atomic E-state index is 0.318. The van der Waals surface area contributed by atoms with Crippen molar-refractivity contribution in [1.29, 1.82) is 0 Å². The summed E-state index contributed by atoms with van der Waals surface area (Å²) in [6, 6.07) is 19.4. The largest absolute Gasteiger partial charge is 0.480 e. The van der Waals surface area contributed by atoms with E-state index in [1.807, 2.05) is 60.7 Å². The molecule has 0 saturated heterocycles. The maximum absolute atomic E-state index is 12.0. The van der Waals surface area contributed by atoms with E-state index in [4.69, 9.17) is 0 Å². The fourth-order valence-electron chi connectivity index (χ4n) is 2.67. The molecule has 0 saturated carbocycles. The van der Waals surface area contributed by atoms with Gasteiger partial charge in [-0.05, 0) is 24.0 Å². The van der Waals surface area contributed by atoms with Crippen LogP contribution in [0.4, 0.5) is 0 Å². The lowest BCUT2D eigenvalue weighted by Crippen LogP contribution is -2.49. The third-order valence-corrected chi connectivity index (χ3v) is 3.97. The maximum atomic E-state index is 12.0. The lowest BCUT2D eigenvalue weighted by molar-refractivity contribution is -0.145. The average Bonchev–Trinajstić information content (AvgIpc) is 2.62. The van der Waals surface area contributed by atoms with E-state index < -0.39 is 11.5 Å². The fourth-order valence-corrected chi connectivity index (χ4v) is 2.67. The number of allylic oxidation sites excluding steroid dienone is 1. The summed E-state index contributed by atoms with van der Waals surface area (Å²) in [7, 11) is 0. The Labute approximate surface area is 143 Å². The van der Waals surface area contributed by atoms with Crippen molar-refractivity contribution in [2.24, 2.45) is 0 Å². The van der Waals surface area contributed by atoms with Gasteiger partial charge in [0.05, 0.1) is 0 Å². The number of rotatable bonds is 9. The van der Waals surface area contributed by atoms with Crippen LogP contribution in [-0.2, 0) is 16.8 Å². The Bertz CT molecular complexity index is 679. The van der Waals surface area contributed by atoms with Crippen LogP contribution in [0.3, 0.4) is 0 Å². The standard InChI is InChI=1S/C21H23NO2/c1-2-16-21(20(23)24,19-14-7-4-8-15-19)22-17-10-9-13-18-11-5-3-6-12-18/h2-12,14-15,22H,1,13,16-17H2,(H,23,24). The predicted octanol–water partition coefficient (Wildman–Crippen LogP) is 3.93. The Morgan fingerprint density at radius 2 is 1.67 bits per heavy atom. The molecule has 2 N–H and O–H groups in total. The minimum atomic E-state index is -1.15. The lowest BCUT2D eigenvalue weighted by Gasteiger charge is -2.30.